The number of carbonyl (C=O) groups is 2. The normalized spacial score (nSPS) is 26.2. The number of amides is 1. The number of imidazole rings is 1. The fourth-order valence-electron chi connectivity index (χ4n) is 4.34. The van der Waals surface area contributed by atoms with Gasteiger partial charge in [-0.3, -0.25) is 9.36 Å². The van der Waals surface area contributed by atoms with Gasteiger partial charge in [-0.25, -0.2) is 9.78 Å². The van der Waals surface area contributed by atoms with E-state index in [0.717, 1.165) is 0 Å². The van der Waals surface area contributed by atoms with Crippen molar-refractivity contribution in [3.05, 3.63) is 18.7 Å². The highest BCUT2D eigenvalue weighted by Gasteiger charge is 2.57. The zero-order valence-electron chi connectivity index (χ0n) is 19.6. The number of ether oxygens (including phenoxy) is 6. The van der Waals surface area contributed by atoms with Gasteiger partial charge in [0.1, 0.15) is 37.9 Å². The van der Waals surface area contributed by atoms with E-state index in [1.165, 1.54) is 36.2 Å². The predicted octanol–water partition coefficient (Wildman–Crippen LogP) is 1.02. The molecule has 0 radical (unpaired) electrons. The number of aromatic nitrogens is 2. The summed E-state index contributed by atoms with van der Waals surface area (Å²) in [6.45, 7) is 1.96. The Hall–Kier alpha value is -1.89. The minimum Gasteiger partial charge on any atom is -0.376 e. The number of carbonyl (C=O) groups excluding carboxylic acids is 2. The lowest BCUT2D eigenvalue weighted by Gasteiger charge is -2.34. The van der Waals surface area contributed by atoms with Crippen LogP contribution in [0.1, 0.15) is 13.3 Å². The Balaban J connectivity index is 2.41. The Morgan fingerprint density at radius 3 is 1.97 bits per heavy atom. The molecule has 1 aromatic rings. The van der Waals surface area contributed by atoms with Crippen molar-refractivity contribution >= 4 is 11.8 Å². The maximum atomic E-state index is 13.2. The molecule has 1 fully saturated rings. The molecule has 0 aliphatic heterocycles. The van der Waals surface area contributed by atoms with Gasteiger partial charge in [-0.15, -0.1) is 0 Å². The first kappa shape index (κ1) is 26.4. The summed E-state index contributed by atoms with van der Waals surface area (Å²) in [7, 11) is 7.79. The van der Waals surface area contributed by atoms with Crippen molar-refractivity contribution in [2.24, 2.45) is 11.8 Å². The summed E-state index contributed by atoms with van der Waals surface area (Å²) >= 11 is 0. The van der Waals surface area contributed by atoms with Crippen molar-refractivity contribution in [3.8, 4) is 0 Å². The van der Waals surface area contributed by atoms with Gasteiger partial charge in [-0.05, 0) is 0 Å². The minimum atomic E-state index is -0.598. The average molecular weight is 458 g/mol. The zero-order valence-corrected chi connectivity index (χ0v) is 19.6. The Bertz CT molecular complexity index is 679. The molecular formula is C21H35N3O8. The molecule has 0 aromatic carbocycles. The van der Waals surface area contributed by atoms with Crippen LogP contribution in [0.2, 0.25) is 0 Å². The van der Waals surface area contributed by atoms with E-state index in [2.05, 4.69) is 4.98 Å². The summed E-state index contributed by atoms with van der Waals surface area (Å²) < 4.78 is 35.0. The van der Waals surface area contributed by atoms with Crippen molar-refractivity contribution < 1.29 is 38.0 Å². The van der Waals surface area contributed by atoms with Crippen molar-refractivity contribution in [2.75, 3.05) is 55.6 Å². The summed E-state index contributed by atoms with van der Waals surface area (Å²) in [5.41, 5.74) is 0. The topological polar surface area (TPSA) is 111 Å². The Kier molecular flexibility index (Phi) is 10.7. The van der Waals surface area contributed by atoms with Gasteiger partial charge in [0.15, 0.2) is 0 Å². The van der Waals surface area contributed by atoms with Crippen LogP contribution >= 0.6 is 0 Å². The maximum absolute atomic E-state index is 13.2. The van der Waals surface area contributed by atoms with E-state index < -0.39 is 36.3 Å². The van der Waals surface area contributed by atoms with Crippen LogP contribution in [-0.4, -0.2) is 106 Å². The monoisotopic (exact) mass is 457 g/mol. The molecule has 1 heterocycles. The van der Waals surface area contributed by atoms with E-state index in [9.17, 15) is 9.59 Å². The molecule has 1 amide bonds. The number of ketones is 1. The van der Waals surface area contributed by atoms with Gasteiger partial charge in [0.25, 0.3) is 0 Å². The van der Waals surface area contributed by atoms with Crippen molar-refractivity contribution in [3.63, 3.8) is 0 Å². The average Bonchev–Trinajstić information content (AvgIpc) is 3.44. The largest absolute Gasteiger partial charge is 0.376 e. The molecule has 11 nitrogen and oxygen atoms in total. The second-order valence-electron chi connectivity index (χ2n) is 7.61. The molecule has 0 bridgehead atoms. The molecule has 0 spiro atoms. The molecule has 2 rings (SSSR count). The third kappa shape index (κ3) is 5.91. The molecule has 182 valence electrons. The number of nitrogens with zero attached hydrogens (tertiary/aromatic N) is 3. The first-order valence-corrected chi connectivity index (χ1v) is 10.5. The quantitative estimate of drug-likeness (QED) is 0.401. The second-order valence-corrected chi connectivity index (χ2v) is 7.61. The third-order valence-electron chi connectivity index (χ3n) is 5.78. The Labute approximate surface area is 188 Å². The number of methoxy groups -OCH3 is 4. The molecule has 1 aromatic heterocycles. The van der Waals surface area contributed by atoms with Gasteiger partial charge in [0.2, 0.25) is 0 Å². The number of hydrogen-bond donors (Lipinski definition) is 0. The molecule has 1 aliphatic carbocycles. The molecule has 2 unspecified atom stereocenters. The lowest BCUT2D eigenvalue weighted by molar-refractivity contribution is -0.153. The maximum Gasteiger partial charge on any atom is 0.329 e. The lowest BCUT2D eigenvalue weighted by Crippen LogP contribution is -2.47. The fourth-order valence-corrected chi connectivity index (χ4v) is 4.34. The lowest BCUT2D eigenvalue weighted by atomic mass is 9.82. The van der Waals surface area contributed by atoms with Gasteiger partial charge < -0.3 is 33.3 Å². The van der Waals surface area contributed by atoms with Crippen LogP contribution in [0.4, 0.5) is 4.79 Å². The summed E-state index contributed by atoms with van der Waals surface area (Å²) in [6, 6.07) is -0.301. The molecule has 32 heavy (non-hydrogen) atoms. The van der Waals surface area contributed by atoms with E-state index in [1.807, 2.05) is 0 Å². The number of Topliss-reactive ketones (excluding diaryl/α,β-unsaturated/α-hetero) is 1. The van der Waals surface area contributed by atoms with E-state index in [4.69, 9.17) is 28.4 Å². The van der Waals surface area contributed by atoms with Gasteiger partial charge in [-0.1, -0.05) is 6.92 Å². The summed E-state index contributed by atoms with van der Waals surface area (Å²) in [5, 5.41) is 0. The molecule has 1 aliphatic rings. The number of hydrogen-bond acceptors (Lipinski definition) is 9. The highest BCUT2D eigenvalue weighted by atomic mass is 16.7. The van der Waals surface area contributed by atoms with Crippen LogP contribution < -0.4 is 0 Å². The van der Waals surface area contributed by atoms with E-state index in [0.29, 0.717) is 0 Å². The SMILES string of the molecule is CCC(=O)C(CN(C)C(=O)n1ccnc1)C1[C@@H](OCOC)[C@@H](OC)[C@@H](OC)[C@H]1OCOC. The standard InChI is InChI=1S/C21H35N3O8/c1-7-15(25)14(10-23(2)21(26)24-9-8-22-11-24)16-17(31-12-27-3)19(29-5)20(30-6)18(16)32-13-28-4/h8-9,11,14,16-20H,7,10,12-13H2,1-6H3/t14?,16?,17-,18+,19-,20+. The van der Waals surface area contributed by atoms with Gasteiger partial charge >= 0.3 is 6.03 Å². The Morgan fingerprint density at radius 2 is 1.56 bits per heavy atom. The van der Waals surface area contributed by atoms with Gasteiger partial charge in [0, 0.05) is 72.7 Å². The first-order chi connectivity index (χ1) is 15.4. The first-order valence-electron chi connectivity index (χ1n) is 10.5. The van der Waals surface area contributed by atoms with E-state index in [-0.39, 0.29) is 38.4 Å². The zero-order chi connectivity index (χ0) is 23.7. The van der Waals surface area contributed by atoms with Crippen LogP contribution in [0, 0.1) is 11.8 Å². The summed E-state index contributed by atoms with van der Waals surface area (Å²) in [4.78, 5) is 31.4. The smallest absolute Gasteiger partial charge is 0.329 e. The predicted molar refractivity (Wildman–Crippen MR) is 113 cm³/mol. The molecule has 1 saturated carbocycles. The molecular weight excluding hydrogens is 422 g/mol. The van der Waals surface area contributed by atoms with Gasteiger partial charge in [0.05, 0.1) is 12.2 Å². The minimum absolute atomic E-state index is 0.00526. The van der Waals surface area contributed by atoms with E-state index in [1.54, 1.807) is 34.4 Å². The summed E-state index contributed by atoms with van der Waals surface area (Å²) in [6.07, 6.45) is 2.63. The fraction of sp³-hybridized carbons (Fsp3) is 0.762. The van der Waals surface area contributed by atoms with Crippen molar-refractivity contribution in [1.29, 1.82) is 0 Å². The van der Waals surface area contributed by atoms with E-state index >= 15 is 0 Å². The van der Waals surface area contributed by atoms with Crippen molar-refractivity contribution in [2.45, 2.75) is 37.8 Å². The molecule has 0 N–H and O–H groups in total. The third-order valence-corrected chi connectivity index (χ3v) is 5.78. The molecule has 6 atom stereocenters. The van der Waals surface area contributed by atoms with Gasteiger partial charge in [-0.2, -0.15) is 0 Å². The van der Waals surface area contributed by atoms with Crippen LogP contribution in [0.25, 0.3) is 0 Å². The number of rotatable bonds is 13. The van der Waals surface area contributed by atoms with Crippen LogP contribution in [0.15, 0.2) is 18.7 Å². The van der Waals surface area contributed by atoms with Crippen LogP contribution in [0.3, 0.4) is 0 Å². The van der Waals surface area contributed by atoms with Crippen molar-refractivity contribution in [1.82, 2.24) is 14.5 Å². The second kappa shape index (κ2) is 13.0. The highest BCUT2D eigenvalue weighted by molar-refractivity contribution is 5.83. The highest BCUT2D eigenvalue weighted by Crippen LogP contribution is 2.41. The molecule has 11 heteroatoms. The van der Waals surface area contributed by atoms with Crippen LogP contribution in [0.5, 0.6) is 0 Å². The Morgan fingerprint density at radius 1 is 1.00 bits per heavy atom. The summed E-state index contributed by atoms with van der Waals surface area (Å²) in [5.74, 6) is -1.09. The molecule has 0 saturated heterocycles. The van der Waals surface area contributed by atoms with Crippen LogP contribution in [-0.2, 0) is 33.2 Å².